The molecule has 6 heteroatoms. The average molecular weight is 339 g/mol. The van der Waals surface area contributed by atoms with Crippen molar-refractivity contribution in [2.24, 2.45) is 0 Å². The van der Waals surface area contributed by atoms with Crippen LogP contribution in [0.1, 0.15) is 9.67 Å². The van der Waals surface area contributed by atoms with Crippen LogP contribution in [0, 0.1) is 0 Å². The Balaban J connectivity index is 1.82. The van der Waals surface area contributed by atoms with Gasteiger partial charge in [-0.3, -0.25) is 4.79 Å². The van der Waals surface area contributed by atoms with Gasteiger partial charge < -0.3 is 5.32 Å². The number of nitrogens with one attached hydrogen (secondary N) is 1. The quantitative estimate of drug-likeness (QED) is 0.753. The maximum Gasteiger partial charge on any atom is 0.266 e. The Morgan fingerprint density at radius 3 is 2.89 bits per heavy atom. The first-order valence-corrected chi connectivity index (χ1v) is 7.61. The summed E-state index contributed by atoms with van der Waals surface area (Å²) in [4.78, 5) is 16.8. The standard InChI is InChI=1S/C12H7BrN2OS2/c13-7-1-2-11(14-6-7)15-12(16)10-5-9-8(18-10)3-4-17-9/h1-6H,(H,14,15,16). The summed E-state index contributed by atoms with van der Waals surface area (Å²) < 4.78 is 3.18. The lowest BCUT2D eigenvalue weighted by atomic mass is 10.4. The Hall–Kier alpha value is -1.24. The molecular weight excluding hydrogens is 332 g/mol. The van der Waals surface area contributed by atoms with Gasteiger partial charge in [-0.2, -0.15) is 0 Å². The van der Waals surface area contributed by atoms with Crippen molar-refractivity contribution in [3.63, 3.8) is 0 Å². The highest BCUT2D eigenvalue weighted by molar-refractivity contribution is 9.10. The molecule has 90 valence electrons. The molecule has 3 aromatic heterocycles. The molecule has 0 atom stereocenters. The first-order chi connectivity index (χ1) is 8.72. The second-order valence-electron chi connectivity index (χ2n) is 3.58. The van der Waals surface area contributed by atoms with Gasteiger partial charge >= 0.3 is 0 Å². The van der Waals surface area contributed by atoms with E-state index in [4.69, 9.17) is 0 Å². The third-order valence-electron chi connectivity index (χ3n) is 2.33. The molecule has 0 saturated carbocycles. The van der Waals surface area contributed by atoms with Crippen molar-refractivity contribution in [2.45, 2.75) is 0 Å². The molecule has 1 amide bonds. The SMILES string of the molecule is O=C(Nc1ccc(Br)cn1)c1cc2sccc2s1. The van der Waals surface area contributed by atoms with Gasteiger partial charge in [-0.25, -0.2) is 4.98 Å². The molecule has 3 rings (SSSR count). The topological polar surface area (TPSA) is 42.0 Å². The average Bonchev–Trinajstić information content (AvgIpc) is 2.92. The number of pyridine rings is 1. The number of anilines is 1. The summed E-state index contributed by atoms with van der Waals surface area (Å²) in [6, 6.07) is 7.55. The molecule has 0 aliphatic rings. The van der Waals surface area contributed by atoms with E-state index in [-0.39, 0.29) is 5.91 Å². The van der Waals surface area contributed by atoms with Crippen LogP contribution in [-0.4, -0.2) is 10.9 Å². The van der Waals surface area contributed by atoms with Gasteiger partial charge in [0.2, 0.25) is 0 Å². The van der Waals surface area contributed by atoms with Crippen LogP contribution < -0.4 is 5.32 Å². The molecule has 0 aliphatic carbocycles. The lowest BCUT2D eigenvalue weighted by Crippen LogP contribution is -2.10. The normalized spacial score (nSPS) is 10.7. The molecule has 0 saturated heterocycles. The Morgan fingerprint density at radius 1 is 1.28 bits per heavy atom. The molecule has 3 aromatic rings. The smallest absolute Gasteiger partial charge is 0.266 e. The minimum atomic E-state index is -0.113. The molecule has 1 N–H and O–H groups in total. The van der Waals surface area contributed by atoms with E-state index in [1.54, 1.807) is 23.6 Å². The number of aromatic nitrogens is 1. The van der Waals surface area contributed by atoms with Crippen LogP contribution in [0.5, 0.6) is 0 Å². The molecule has 3 heterocycles. The summed E-state index contributed by atoms with van der Waals surface area (Å²) in [5, 5.41) is 4.81. The summed E-state index contributed by atoms with van der Waals surface area (Å²) in [7, 11) is 0. The molecule has 0 aliphatic heterocycles. The summed E-state index contributed by atoms with van der Waals surface area (Å²) in [5.41, 5.74) is 0. The predicted molar refractivity (Wildman–Crippen MR) is 79.6 cm³/mol. The molecule has 0 aromatic carbocycles. The molecule has 0 fully saturated rings. The largest absolute Gasteiger partial charge is 0.306 e. The van der Waals surface area contributed by atoms with E-state index in [0.717, 1.165) is 13.9 Å². The number of halogens is 1. The van der Waals surface area contributed by atoms with Crippen LogP contribution in [-0.2, 0) is 0 Å². The van der Waals surface area contributed by atoms with Crippen LogP contribution in [0.4, 0.5) is 5.82 Å². The summed E-state index contributed by atoms with van der Waals surface area (Å²) in [6.07, 6.45) is 1.66. The highest BCUT2D eigenvalue weighted by atomic mass is 79.9. The van der Waals surface area contributed by atoms with Gasteiger partial charge in [-0.05, 0) is 45.6 Å². The highest BCUT2D eigenvalue weighted by Gasteiger charge is 2.11. The van der Waals surface area contributed by atoms with Gasteiger partial charge in [0.05, 0.1) is 4.88 Å². The van der Waals surface area contributed by atoms with Crippen molar-refractivity contribution < 1.29 is 4.79 Å². The second kappa shape index (κ2) is 4.79. The first kappa shape index (κ1) is 11.8. The maximum absolute atomic E-state index is 12.0. The number of hydrogen-bond acceptors (Lipinski definition) is 4. The fourth-order valence-electron chi connectivity index (χ4n) is 1.51. The summed E-state index contributed by atoms with van der Waals surface area (Å²) >= 11 is 6.44. The fourth-order valence-corrected chi connectivity index (χ4v) is 3.74. The minimum Gasteiger partial charge on any atom is -0.306 e. The summed E-state index contributed by atoms with van der Waals surface area (Å²) in [5.74, 6) is 0.443. The van der Waals surface area contributed by atoms with E-state index in [1.165, 1.54) is 11.3 Å². The zero-order chi connectivity index (χ0) is 12.5. The number of thiophene rings is 2. The fraction of sp³-hybridized carbons (Fsp3) is 0. The Kier molecular flexibility index (Phi) is 3.15. The van der Waals surface area contributed by atoms with Crippen molar-refractivity contribution in [3.05, 3.63) is 45.2 Å². The molecule has 0 spiro atoms. The predicted octanol–water partition coefficient (Wildman–Crippen LogP) is 4.37. The molecule has 3 nitrogen and oxygen atoms in total. The van der Waals surface area contributed by atoms with Crippen LogP contribution in [0.15, 0.2) is 40.3 Å². The minimum absolute atomic E-state index is 0.113. The van der Waals surface area contributed by atoms with Crippen LogP contribution in [0.2, 0.25) is 0 Å². The molecule has 0 bridgehead atoms. The number of carbonyl (C=O) groups excluding carboxylic acids is 1. The van der Waals surface area contributed by atoms with Gasteiger partial charge in [-0.15, -0.1) is 22.7 Å². The Morgan fingerprint density at radius 2 is 2.17 bits per heavy atom. The van der Waals surface area contributed by atoms with E-state index >= 15 is 0 Å². The molecule has 0 radical (unpaired) electrons. The van der Waals surface area contributed by atoms with Crippen LogP contribution >= 0.6 is 38.6 Å². The third-order valence-corrected chi connectivity index (χ3v) is 4.89. The van der Waals surface area contributed by atoms with Crippen molar-refractivity contribution in [3.8, 4) is 0 Å². The number of amides is 1. The van der Waals surface area contributed by atoms with Gasteiger partial charge in [0.25, 0.3) is 5.91 Å². The van der Waals surface area contributed by atoms with E-state index in [0.29, 0.717) is 10.7 Å². The van der Waals surface area contributed by atoms with Gasteiger partial charge in [0.15, 0.2) is 0 Å². The van der Waals surface area contributed by atoms with Crippen molar-refractivity contribution in [1.82, 2.24) is 4.98 Å². The number of nitrogens with zero attached hydrogens (tertiary/aromatic N) is 1. The van der Waals surface area contributed by atoms with Crippen LogP contribution in [0.3, 0.4) is 0 Å². The van der Waals surface area contributed by atoms with Crippen molar-refractivity contribution in [1.29, 1.82) is 0 Å². The second-order valence-corrected chi connectivity index (χ2v) is 6.52. The van der Waals surface area contributed by atoms with Crippen molar-refractivity contribution in [2.75, 3.05) is 5.32 Å². The van der Waals surface area contributed by atoms with E-state index in [1.807, 2.05) is 23.6 Å². The van der Waals surface area contributed by atoms with Gasteiger partial charge in [-0.1, -0.05) is 0 Å². The lowest BCUT2D eigenvalue weighted by Gasteiger charge is -2.01. The lowest BCUT2D eigenvalue weighted by molar-refractivity contribution is 0.103. The number of rotatable bonds is 2. The Labute approximate surface area is 120 Å². The number of fused-ring (bicyclic) bond motifs is 1. The van der Waals surface area contributed by atoms with Crippen LogP contribution in [0.25, 0.3) is 9.40 Å². The van der Waals surface area contributed by atoms with Gasteiger partial charge in [0.1, 0.15) is 5.82 Å². The number of hydrogen-bond donors (Lipinski definition) is 1. The zero-order valence-corrected chi connectivity index (χ0v) is 12.2. The maximum atomic E-state index is 12.0. The Bertz CT molecular complexity index is 674. The third kappa shape index (κ3) is 2.31. The highest BCUT2D eigenvalue weighted by Crippen LogP contribution is 2.30. The zero-order valence-electron chi connectivity index (χ0n) is 9.01. The van der Waals surface area contributed by atoms with E-state index in [9.17, 15) is 4.79 Å². The van der Waals surface area contributed by atoms with Crippen molar-refractivity contribution >= 4 is 59.7 Å². The molecular formula is C12H7BrN2OS2. The first-order valence-electron chi connectivity index (χ1n) is 5.12. The van der Waals surface area contributed by atoms with E-state index in [2.05, 4.69) is 26.2 Å². The number of carbonyl (C=O) groups is 1. The molecule has 0 unspecified atom stereocenters. The summed E-state index contributed by atoms with van der Waals surface area (Å²) in [6.45, 7) is 0. The van der Waals surface area contributed by atoms with E-state index < -0.39 is 0 Å². The monoisotopic (exact) mass is 338 g/mol. The molecule has 18 heavy (non-hydrogen) atoms. The van der Waals surface area contributed by atoms with Gasteiger partial charge in [0, 0.05) is 20.1 Å².